The van der Waals surface area contributed by atoms with Gasteiger partial charge in [0.15, 0.2) is 0 Å². The molecule has 0 saturated carbocycles. The molecule has 2 atom stereocenters. The van der Waals surface area contributed by atoms with Gasteiger partial charge in [-0.05, 0) is 31.0 Å². The van der Waals surface area contributed by atoms with Gasteiger partial charge in [0, 0.05) is 31.5 Å². The Morgan fingerprint density at radius 3 is 2.68 bits per heavy atom. The normalized spacial score (nSPS) is 22.6. The summed E-state index contributed by atoms with van der Waals surface area (Å²) >= 11 is 0. The zero-order valence-electron chi connectivity index (χ0n) is 11.6. The smallest absolute Gasteiger partial charge is 0.224 e. The SMILES string of the molecule is COc1ccc([C@H]2C[C@@H](C)N(C(=O)CCN)C2)cc1. The average molecular weight is 262 g/mol. The second-order valence-electron chi connectivity index (χ2n) is 5.14. The number of carbonyl (C=O) groups excluding carboxylic acids is 1. The van der Waals surface area contributed by atoms with Crippen LogP contribution in [0.25, 0.3) is 0 Å². The predicted octanol–water partition coefficient (Wildman–Crippen LogP) is 1.75. The van der Waals surface area contributed by atoms with Crippen LogP contribution in [0.15, 0.2) is 24.3 Å². The maximum Gasteiger partial charge on any atom is 0.224 e. The van der Waals surface area contributed by atoms with Crippen LogP contribution in [0, 0.1) is 0 Å². The van der Waals surface area contributed by atoms with E-state index in [0.717, 1.165) is 18.7 Å². The van der Waals surface area contributed by atoms with Crippen LogP contribution in [-0.2, 0) is 4.79 Å². The first-order valence-electron chi connectivity index (χ1n) is 6.79. The molecule has 2 N–H and O–H groups in total. The van der Waals surface area contributed by atoms with Gasteiger partial charge in [0.25, 0.3) is 0 Å². The van der Waals surface area contributed by atoms with Crippen molar-refractivity contribution in [1.29, 1.82) is 0 Å². The number of benzene rings is 1. The zero-order valence-corrected chi connectivity index (χ0v) is 11.6. The van der Waals surface area contributed by atoms with Crippen LogP contribution >= 0.6 is 0 Å². The van der Waals surface area contributed by atoms with E-state index >= 15 is 0 Å². The van der Waals surface area contributed by atoms with Crippen molar-refractivity contribution < 1.29 is 9.53 Å². The standard InChI is InChI=1S/C15H22N2O2/c1-11-9-13(10-17(11)15(18)7-8-16)12-3-5-14(19-2)6-4-12/h3-6,11,13H,7-10,16H2,1-2H3/t11-,13+/m1/s1. The van der Waals surface area contributed by atoms with Gasteiger partial charge < -0.3 is 15.4 Å². The molecule has 0 aliphatic carbocycles. The Kier molecular flexibility index (Phi) is 4.43. The fourth-order valence-corrected chi connectivity index (χ4v) is 2.76. The molecule has 0 unspecified atom stereocenters. The molecular formula is C15H22N2O2. The van der Waals surface area contributed by atoms with Crippen molar-refractivity contribution in [2.75, 3.05) is 20.2 Å². The van der Waals surface area contributed by atoms with E-state index in [9.17, 15) is 4.79 Å². The highest BCUT2D eigenvalue weighted by Gasteiger charge is 2.32. The highest BCUT2D eigenvalue weighted by atomic mass is 16.5. The minimum Gasteiger partial charge on any atom is -0.497 e. The molecule has 1 heterocycles. The molecule has 4 nitrogen and oxygen atoms in total. The number of rotatable bonds is 4. The van der Waals surface area contributed by atoms with Gasteiger partial charge in [-0.3, -0.25) is 4.79 Å². The van der Waals surface area contributed by atoms with Crippen molar-refractivity contribution in [2.45, 2.75) is 31.7 Å². The lowest BCUT2D eigenvalue weighted by Crippen LogP contribution is -2.35. The lowest BCUT2D eigenvalue weighted by molar-refractivity contribution is -0.131. The Balaban J connectivity index is 2.05. The minimum atomic E-state index is 0.172. The van der Waals surface area contributed by atoms with Crippen LogP contribution in [0.1, 0.15) is 31.2 Å². The van der Waals surface area contributed by atoms with Crippen LogP contribution in [-0.4, -0.2) is 37.0 Å². The molecule has 2 rings (SSSR count). The second kappa shape index (κ2) is 6.06. The number of likely N-dealkylation sites (tertiary alicyclic amines) is 1. The summed E-state index contributed by atoms with van der Waals surface area (Å²) in [6, 6.07) is 8.43. The quantitative estimate of drug-likeness (QED) is 0.899. The van der Waals surface area contributed by atoms with Gasteiger partial charge >= 0.3 is 0 Å². The third kappa shape index (κ3) is 3.07. The molecule has 104 valence electrons. The summed E-state index contributed by atoms with van der Waals surface area (Å²) in [5.74, 6) is 1.46. The molecule has 1 saturated heterocycles. The molecule has 4 heteroatoms. The maximum absolute atomic E-state index is 12.0. The Hall–Kier alpha value is -1.55. The Morgan fingerprint density at radius 1 is 1.42 bits per heavy atom. The number of hydrogen-bond donors (Lipinski definition) is 1. The van der Waals surface area contributed by atoms with E-state index in [1.807, 2.05) is 17.0 Å². The Morgan fingerprint density at radius 2 is 2.11 bits per heavy atom. The number of carbonyl (C=O) groups is 1. The molecule has 0 radical (unpaired) electrons. The molecule has 1 aliphatic heterocycles. The van der Waals surface area contributed by atoms with Crippen LogP contribution in [0.3, 0.4) is 0 Å². The number of amides is 1. The number of nitrogens with zero attached hydrogens (tertiary/aromatic N) is 1. The van der Waals surface area contributed by atoms with E-state index in [1.165, 1.54) is 5.56 Å². The second-order valence-corrected chi connectivity index (χ2v) is 5.14. The van der Waals surface area contributed by atoms with Crippen molar-refractivity contribution in [3.8, 4) is 5.75 Å². The number of hydrogen-bond acceptors (Lipinski definition) is 3. The van der Waals surface area contributed by atoms with Crippen molar-refractivity contribution in [3.05, 3.63) is 29.8 Å². The summed E-state index contributed by atoms with van der Waals surface area (Å²) in [5.41, 5.74) is 6.73. The van der Waals surface area contributed by atoms with E-state index in [1.54, 1.807) is 7.11 Å². The van der Waals surface area contributed by atoms with Crippen molar-refractivity contribution in [3.63, 3.8) is 0 Å². The summed E-state index contributed by atoms with van der Waals surface area (Å²) in [5, 5.41) is 0. The third-order valence-electron chi connectivity index (χ3n) is 3.84. The number of ether oxygens (including phenoxy) is 1. The number of nitrogens with two attached hydrogens (primary N) is 1. The van der Waals surface area contributed by atoms with Crippen LogP contribution < -0.4 is 10.5 Å². The van der Waals surface area contributed by atoms with Crippen LogP contribution in [0.5, 0.6) is 5.75 Å². The zero-order chi connectivity index (χ0) is 13.8. The fraction of sp³-hybridized carbons (Fsp3) is 0.533. The third-order valence-corrected chi connectivity index (χ3v) is 3.84. The van der Waals surface area contributed by atoms with Gasteiger partial charge in [0.05, 0.1) is 7.11 Å². The Labute approximate surface area is 114 Å². The van der Waals surface area contributed by atoms with Crippen LogP contribution in [0.4, 0.5) is 0 Å². The fourth-order valence-electron chi connectivity index (χ4n) is 2.76. The van der Waals surface area contributed by atoms with E-state index in [-0.39, 0.29) is 5.91 Å². The minimum absolute atomic E-state index is 0.172. The summed E-state index contributed by atoms with van der Waals surface area (Å²) in [6.07, 6.45) is 1.46. The summed E-state index contributed by atoms with van der Waals surface area (Å²) in [6.45, 7) is 3.33. The monoisotopic (exact) mass is 262 g/mol. The van der Waals surface area contributed by atoms with E-state index in [4.69, 9.17) is 10.5 Å². The average Bonchev–Trinajstić information content (AvgIpc) is 2.81. The first-order chi connectivity index (χ1) is 9.15. The van der Waals surface area contributed by atoms with Gasteiger partial charge in [0.2, 0.25) is 5.91 Å². The first-order valence-corrected chi connectivity index (χ1v) is 6.79. The summed E-state index contributed by atoms with van der Waals surface area (Å²) in [7, 11) is 1.67. The molecule has 1 aromatic carbocycles. The summed E-state index contributed by atoms with van der Waals surface area (Å²) < 4.78 is 5.17. The topological polar surface area (TPSA) is 55.6 Å². The molecule has 1 amide bonds. The highest BCUT2D eigenvalue weighted by Crippen LogP contribution is 2.32. The largest absolute Gasteiger partial charge is 0.497 e. The van der Waals surface area contributed by atoms with Crippen LogP contribution in [0.2, 0.25) is 0 Å². The van der Waals surface area contributed by atoms with Crippen molar-refractivity contribution in [1.82, 2.24) is 4.90 Å². The van der Waals surface area contributed by atoms with E-state index in [0.29, 0.717) is 24.9 Å². The maximum atomic E-state index is 12.0. The molecule has 19 heavy (non-hydrogen) atoms. The van der Waals surface area contributed by atoms with Gasteiger partial charge in [-0.2, -0.15) is 0 Å². The molecular weight excluding hydrogens is 240 g/mol. The predicted molar refractivity (Wildman–Crippen MR) is 75.2 cm³/mol. The molecule has 1 fully saturated rings. The highest BCUT2D eigenvalue weighted by molar-refractivity contribution is 5.77. The molecule has 1 aliphatic rings. The molecule has 0 bridgehead atoms. The Bertz CT molecular complexity index is 430. The first kappa shape index (κ1) is 13.9. The van der Waals surface area contributed by atoms with E-state index < -0.39 is 0 Å². The number of methoxy groups -OCH3 is 1. The summed E-state index contributed by atoms with van der Waals surface area (Å²) in [4.78, 5) is 13.9. The van der Waals surface area contributed by atoms with Crippen molar-refractivity contribution in [2.24, 2.45) is 5.73 Å². The molecule has 0 aromatic heterocycles. The van der Waals surface area contributed by atoms with Gasteiger partial charge in [-0.15, -0.1) is 0 Å². The van der Waals surface area contributed by atoms with Crippen molar-refractivity contribution >= 4 is 5.91 Å². The van der Waals surface area contributed by atoms with Gasteiger partial charge in [0.1, 0.15) is 5.75 Å². The van der Waals surface area contributed by atoms with Gasteiger partial charge in [-0.25, -0.2) is 0 Å². The molecule has 0 spiro atoms. The lowest BCUT2D eigenvalue weighted by Gasteiger charge is -2.21. The van der Waals surface area contributed by atoms with E-state index in [2.05, 4.69) is 19.1 Å². The lowest BCUT2D eigenvalue weighted by atomic mass is 9.97. The molecule has 1 aromatic rings. The van der Waals surface area contributed by atoms with Gasteiger partial charge in [-0.1, -0.05) is 12.1 Å².